The normalized spacial score (nSPS) is 16.5. The summed E-state index contributed by atoms with van der Waals surface area (Å²) in [6.07, 6.45) is 0.178. The van der Waals surface area contributed by atoms with E-state index < -0.39 is 5.92 Å². The summed E-state index contributed by atoms with van der Waals surface area (Å²) in [4.78, 5) is 37.5. The average Bonchev–Trinajstić information content (AvgIpc) is 2.98. The van der Waals surface area contributed by atoms with Crippen LogP contribution in [0.5, 0.6) is 0 Å². The van der Waals surface area contributed by atoms with Crippen LogP contribution in [-0.4, -0.2) is 24.3 Å². The third-order valence-corrected chi connectivity index (χ3v) is 4.78. The van der Waals surface area contributed by atoms with Gasteiger partial charge in [0.2, 0.25) is 17.7 Å². The number of carbonyl (C=O) groups excluding carboxylic acids is 3. The predicted octanol–water partition coefficient (Wildman–Crippen LogP) is 3.40. The number of amides is 3. The summed E-state index contributed by atoms with van der Waals surface area (Å²) in [6, 6.07) is 14.3. The fraction of sp³-hybridized carbons (Fsp3) is 0.211. The van der Waals surface area contributed by atoms with E-state index >= 15 is 0 Å². The number of hydrogen-bond acceptors (Lipinski definition) is 3. The van der Waals surface area contributed by atoms with E-state index in [1.165, 1.54) is 6.92 Å². The lowest BCUT2D eigenvalue weighted by atomic mass is 10.1. The monoisotopic (exact) mass is 415 g/mol. The molecule has 0 spiro atoms. The van der Waals surface area contributed by atoms with Crippen molar-refractivity contribution in [3.05, 3.63) is 53.0 Å². The van der Waals surface area contributed by atoms with Crippen molar-refractivity contribution in [2.75, 3.05) is 22.1 Å². The lowest BCUT2D eigenvalue weighted by Gasteiger charge is -2.18. The molecule has 3 amide bonds. The molecule has 1 fully saturated rings. The second-order valence-corrected chi connectivity index (χ2v) is 6.96. The number of anilines is 3. The number of rotatable bonds is 4. The van der Waals surface area contributed by atoms with E-state index in [1.807, 2.05) is 24.3 Å². The number of hydrogen-bond donors (Lipinski definition) is 2. The highest BCUT2D eigenvalue weighted by atomic mass is 79.9. The number of halogens is 1. The summed E-state index contributed by atoms with van der Waals surface area (Å²) in [5.74, 6) is -0.832. The molecule has 2 aromatic carbocycles. The molecule has 6 nitrogen and oxygen atoms in total. The van der Waals surface area contributed by atoms with E-state index in [9.17, 15) is 14.4 Å². The number of nitrogens with one attached hydrogen (secondary N) is 2. The minimum Gasteiger partial charge on any atom is -0.326 e. The molecule has 0 radical (unpaired) electrons. The second-order valence-electron chi connectivity index (χ2n) is 6.10. The van der Waals surface area contributed by atoms with E-state index in [4.69, 9.17) is 0 Å². The second kappa shape index (κ2) is 7.70. The Morgan fingerprint density at radius 1 is 1.04 bits per heavy atom. The van der Waals surface area contributed by atoms with E-state index in [-0.39, 0.29) is 24.1 Å². The summed E-state index contributed by atoms with van der Waals surface area (Å²) < 4.78 is 0.822. The number of nitrogens with zero attached hydrogens (tertiary/aromatic N) is 1. The van der Waals surface area contributed by atoms with Gasteiger partial charge in [-0.05, 0) is 52.3 Å². The van der Waals surface area contributed by atoms with Gasteiger partial charge in [-0.25, -0.2) is 0 Å². The third kappa shape index (κ3) is 4.11. The number of para-hydroxylation sites is 1. The topological polar surface area (TPSA) is 78.5 Å². The van der Waals surface area contributed by atoms with Crippen LogP contribution in [0.15, 0.2) is 53.0 Å². The highest BCUT2D eigenvalue weighted by Crippen LogP contribution is 2.31. The first-order valence-electron chi connectivity index (χ1n) is 8.17. The van der Waals surface area contributed by atoms with E-state index in [2.05, 4.69) is 26.6 Å². The number of benzene rings is 2. The SMILES string of the molecule is CC(=O)Nc1ccc(NC(=O)C2CC(=O)N(c3ccccc3Br)C2)cc1. The van der Waals surface area contributed by atoms with Crippen molar-refractivity contribution in [2.45, 2.75) is 13.3 Å². The van der Waals surface area contributed by atoms with Gasteiger partial charge in [-0.15, -0.1) is 0 Å². The Hall–Kier alpha value is -2.67. The van der Waals surface area contributed by atoms with Crippen LogP contribution in [0.2, 0.25) is 0 Å². The lowest BCUT2D eigenvalue weighted by molar-refractivity contribution is -0.122. The zero-order valence-corrected chi connectivity index (χ0v) is 15.7. The smallest absolute Gasteiger partial charge is 0.229 e. The molecule has 2 aromatic rings. The van der Waals surface area contributed by atoms with Crippen molar-refractivity contribution >= 4 is 50.7 Å². The summed E-state index contributed by atoms with van der Waals surface area (Å²) in [5, 5.41) is 5.50. The average molecular weight is 416 g/mol. The Kier molecular flexibility index (Phi) is 5.37. The van der Waals surface area contributed by atoms with Gasteiger partial charge < -0.3 is 15.5 Å². The van der Waals surface area contributed by atoms with Crippen molar-refractivity contribution in [1.29, 1.82) is 0 Å². The molecule has 7 heteroatoms. The summed E-state index contributed by atoms with van der Waals surface area (Å²) >= 11 is 3.44. The quantitative estimate of drug-likeness (QED) is 0.802. The molecule has 0 aliphatic carbocycles. The van der Waals surface area contributed by atoms with Crippen LogP contribution in [0.3, 0.4) is 0 Å². The summed E-state index contributed by atoms with van der Waals surface area (Å²) in [7, 11) is 0. The fourth-order valence-electron chi connectivity index (χ4n) is 2.87. The van der Waals surface area contributed by atoms with Gasteiger partial charge in [0.1, 0.15) is 0 Å². The minimum atomic E-state index is -0.412. The Labute approximate surface area is 159 Å². The Morgan fingerprint density at radius 2 is 1.65 bits per heavy atom. The van der Waals surface area contributed by atoms with E-state index in [1.54, 1.807) is 29.2 Å². The van der Waals surface area contributed by atoms with Gasteiger partial charge in [-0.1, -0.05) is 12.1 Å². The Morgan fingerprint density at radius 3 is 2.27 bits per heavy atom. The van der Waals surface area contributed by atoms with E-state index in [0.717, 1.165) is 10.2 Å². The molecule has 1 saturated heterocycles. The molecule has 2 N–H and O–H groups in total. The molecular weight excluding hydrogens is 398 g/mol. The molecule has 3 rings (SSSR count). The predicted molar refractivity (Wildman–Crippen MR) is 104 cm³/mol. The van der Waals surface area contributed by atoms with Crippen molar-refractivity contribution in [2.24, 2.45) is 5.92 Å². The van der Waals surface area contributed by atoms with Crippen LogP contribution in [-0.2, 0) is 14.4 Å². The van der Waals surface area contributed by atoms with Gasteiger partial charge in [0.15, 0.2) is 0 Å². The van der Waals surface area contributed by atoms with Gasteiger partial charge in [0.25, 0.3) is 0 Å². The standard InChI is InChI=1S/C19H18BrN3O3/c1-12(24)21-14-6-8-15(9-7-14)22-19(26)13-10-18(25)23(11-13)17-5-3-2-4-16(17)20/h2-9,13H,10-11H2,1H3,(H,21,24)(H,22,26). The van der Waals surface area contributed by atoms with Gasteiger partial charge in [0.05, 0.1) is 11.6 Å². The third-order valence-electron chi connectivity index (χ3n) is 4.11. The summed E-state index contributed by atoms with van der Waals surface area (Å²) in [5.41, 5.74) is 2.05. The Bertz CT molecular complexity index is 851. The molecule has 0 bridgehead atoms. The first-order valence-corrected chi connectivity index (χ1v) is 8.97. The zero-order chi connectivity index (χ0) is 18.7. The molecule has 26 heavy (non-hydrogen) atoms. The van der Waals surface area contributed by atoms with Crippen molar-refractivity contribution in [3.63, 3.8) is 0 Å². The number of carbonyl (C=O) groups is 3. The maximum Gasteiger partial charge on any atom is 0.229 e. The van der Waals surface area contributed by atoms with Crippen molar-refractivity contribution in [3.8, 4) is 0 Å². The first kappa shape index (κ1) is 18.1. The fourth-order valence-corrected chi connectivity index (χ4v) is 3.37. The van der Waals surface area contributed by atoms with Crippen LogP contribution in [0.1, 0.15) is 13.3 Å². The lowest BCUT2D eigenvalue weighted by Crippen LogP contribution is -2.28. The van der Waals surface area contributed by atoms with E-state index in [0.29, 0.717) is 17.9 Å². The zero-order valence-electron chi connectivity index (χ0n) is 14.2. The summed E-state index contributed by atoms with van der Waals surface area (Å²) in [6.45, 7) is 1.78. The maximum absolute atomic E-state index is 12.5. The first-order chi connectivity index (χ1) is 12.4. The highest BCUT2D eigenvalue weighted by molar-refractivity contribution is 9.10. The molecule has 0 saturated carbocycles. The molecule has 0 aromatic heterocycles. The van der Waals surface area contributed by atoms with Crippen LogP contribution in [0.25, 0.3) is 0 Å². The minimum absolute atomic E-state index is 0.0712. The van der Waals surface area contributed by atoms with Crippen LogP contribution >= 0.6 is 15.9 Å². The molecule has 1 aliphatic rings. The van der Waals surface area contributed by atoms with Crippen LogP contribution in [0.4, 0.5) is 17.1 Å². The molecule has 1 heterocycles. The highest BCUT2D eigenvalue weighted by Gasteiger charge is 2.35. The largest absolute Gasteiger partial charge is 0.326 e. The Balaban J connectivity index is 1.65. The van der Waals surface area contributed by atoms with Crippen molar-refractivity contribution in [1.82, 2.24) is 0 Å². The maximum atomic E-state index is 12.5. The molecule has 1 atom stereocenters. The molecule has 1 unspecified atom stereocenters. The van der Waals surface area contributed by atoms with Crippen molar-refractivity contribution < 1.29 is 14.4 Å². The molecule has 134 valence electrons. The van der Waals surface area contributed by atoms with Gasteiger partial charge >= 0.3 is 0 Å². The molecular formula is C19H18BrN3O3. The molecule has 1 aliphatic heterocycles. The van der Waals surface area contributed by atoms with Gasteiger partial charge in [-0.2, -0.15) is 0 Å². The van der Waals surface area contributed by atoms with Crippen LogP contribution < -0.4 is 15.5 Å². The van der Waals surface area contributed by atoms with Crippen LogP contribution in [0, 0.1) is 5.92 Å². The van der Waals surface area contributed by atoms with Gasteiger partial charge in [-0.3, -0.25) is 14.4 Å². The van der Waals surface area contributed by atoms with Gasteiger partial charge in [0, 0.05) is 35.7 Å².